The summed E-state index contributed by atoms with van der Waals surface area (Å²) in [4.78, 5) is 12.5. The topological polar surface area (TPSA) is 87.3 Å². The maximum atomic E-state index is 12.5. The Kier molecular flexibility index (Phi) is 4.95. The Morgan fingerprint density at radius 2 is 1.96 bits per heavy atom. The van der Waals surface area contributed by atoms with Crippen LogP contribution in [-0.2, 0) is 10.0 Å². The zero-order chi connectivity index (χ0) is 20.0. The summed E-state index contributed by atoms with van der Waals surface area (Å²) >= 11 is 0. The van der Waals surface area contributed by atoms with Crippen LogP contribution < -0.4 is 15.4 Å². The summed E-state index contributed by atoms with van der Waals surface area (Å²) in [5.41, 5.74) is 2.33. The molecule has 150 valence electrons. The number of aryl methyl sites for hydroxylation is 1. The molecule has 2 aliphatic carbocycles. The molecule has 27 heavy (non-hydrogen) atoms. The van der Waals surface area contributed by atoms with E-state index < -0.39 is 10.0 Å². The fourth-order valence-electron chi connectivity index (χ4n) is 4.84. The van der Waals surface area contributed by atoms with E-state index in [0.29, 0.717) is 17.3 Å². The predicted molar refractivity (Wildman–Crippen MR) is 109 cm³/mol. The van der Waals surface area contributed by atoms with Gasteiger partial charge in [-0.25, -0.2) is 13.2 Å². The molecule has 2 saturated carbocycles. The number of urea groups is 1. The van der Waals surface area contributed by atoms with Gasteiger partial charge in [-0.2, -0.15) is 0 Å². The van der Waals surface area contributed by atoms with Gasteiger partial charge in [-0.05, 0) is 73.6 Å². The van der Waals surface area contributed by atoms with Gasteiger partial charge in [0, 0.05) is 11.7 Å². The third-order valence-electron chi connectivity index (χ3n) is 7.23. The molecule has 3 unspecified atom stereocenters. The molecule has 2 aliphatic rings. The highest BCUT2D eigenvalue weighted by Gasteiger charge is 2.61. The van der Waals surface area contributed by atoms with E-state index in [1.807, 2.05) is 6.92 Å². The van der Waals surface area contributed by atoms with Crippen molar-refractivity contribution in [3.8, 4) is 0 Å². The summed E-state index contributed by atoms with van der Waals surface area (Å²) in [6.45, 7) is 10.3. The second-order valence-electron chi connectivity index (χ2n) is 8.80. The largest absolute Gasteiger partial charge is 0.335 e. The number of carbonyl (C=O) groups is 1. The average molecular weight is 394 g/mol. The molecule has 6 nitrogen and oxygen atoms in total. The van der Waals surface area contributed by atoms with E-state index in [-0.39, 0.29) is 28.7 Å². The minimum atomic E-state index is -3.32. The highest BCUT2D eigenvalue weighted by molar-refractivity contribution is 7.92. The number of hydrogen-bond acceptors (Lipinski definition) is 3. The van der Waals surface area contributed by atoms with E-state index in [2.05, 4.69) is 36.1 Å². The Morgan fingerprint density at radius 3 is 2.48 bits per heavy atom. The van der Waals surface area contributed by atoms with Gasteiger partial charge in [0.2, 0.25) is 10.0 Å². The van der Waals surface area contributed by atoms with Crippen molar-refractivity contribution in [1.82, 2.24) is 5.32 Å². The number of amides is 2. The van der Waals surface area contributed by atoms with Gasteiger partial charge in [0.25, 0.3) is 0 Å². The molecule has 2 fully saturated rings. The van der Waals surface area contributed by atoms with Gasteiger partial charge < -0.3 is 10.6 Å². The lowest BCUT2D eigenvalue weighted by Gasteiger charge is -2.39. The van der Waals surface area contributed by atoms with Crippen LogP contribution in [-0.4, -0.2) is 26.2 Å². The molecule has 0 heterocycles. The monoisotopic (exact) mass is 393 g/mol. The summed E-state index contributed by atoms with van der Waals surface area (Å²) in [5.74, 6) is 0.688. The quantitative estimate of drug-likeness (QED) is 0.704. The van der Waals surface area contributed by atoms with Crippen molar-refractivity contribution in [1.29, 1.82) is 0 Å². The second-order valence-corrected chi connectivity index (χ2v) is 10.8. The van der Waals surface area contributed by atoms with Crippen LogP contribution in [0.1, 0.15) is 52.5 Å². The fourth-order valence-corrected chi connectivity index (χ4v) is 5.55. The summed E-state index contributed by atoms with van der Waals surface area (Å²) in [5, 5.41) is 6.07. The van der Waals surface area contributed by atoms with E-state index in [1.165, 1.54) is 6.42 Å². The highest BCUT2D eigenvalue weighted by Crippen LogP contribution is 2.65. The van der Waals surface area contributed by atoms with E-state index >= 15 is 0 Å². The van der Waals surface area contributed by atoms with Crippen molar-refractivity contribution in [2.45, 2.75) is 59.9 Å². The van der Waals surface area contributed by atoms with Gasteiger partial charge in [0.05, 0.1) is 11.4 Å². The molecule has 0 spiro atoms. The summed E-state index contributed by atoms with van der Waals surface area (Å²) in [6, 6.07) is 5.15. The average Bonchev–Trinajstić information content (AvgIpc) is 2.90. The molecule has 0 saturated heterocycles. The normalized spacial score (nSPS) is 28.8. The van der Waals surface area contributed by atoms with Crippen LogP contribution in [0.25, 0.3) is 0 Å². The predicted octanol–water partition coefficient (Wildman–Crippen LogP) is 4.09. The van der Waals surface area contributed by atoms with Crippen LogP contribution in [0.15, 0.2) is 18.2 Å². The molecule has 3 rings (SSSR count). The van der Waals surface area contributed by atoms with E-state index in [1.54, 1.807) is 25.1 Å². The SMILES string of the molecule is CCS(=O)(=O)Nc1ccc(NC(=O)NC2CC3CCC2(C)C3(C)C)cc1C. The summed E-state index contributed by atoms with van der Waals surface area (Å²) < 4.78 is 26.0. The van der Waals surface area contributed by atoms with Crippen molar-refractivity contribution >= 4 is 27.4 Å². The third kappa shape index (κ3) is 3.53. The Labute approximate surface area is 162 Å². The van der Waals surface area contributed by atoms with Crippen molar-refractivity contribution in [2.75, 3.05) is 15.8 Å². The molecular formula is C20H31N3O3S. The maximum Gasteiger partial charge on any atom is 0.319 e. The van der Waals surface area contributed by atoms with Gasteiger partial charge in [-0.3, -0.25) is 4.72 Å². The molecule has 0 radical (unpaired) electrons. The first kappa shape index (κ1) is 20.0. The van der Waals surface area contributed by atoms with Crippen LogP contribution in [0, 0.1) is 23.7 Å². The summed E-state index contributed by atoms with van der Waals surface area (Å²) in [6.07, 6.45) is 3.44. The number of hydrogen-bond donors (Lipinski definition) is 3. The molecule has 3 N–H and O–H groups in total. The lowest BCUT2D eigenvalue weighted by atomic mass is 9.69. The first-order valence-electron chi connectivity index (χ1n) is 9.67. The molecule has 3 atom stereocenters. The Morgan fingerprint density at radius 1 is 1.26 bits per heavy atom. The standard InChI is InChI=1S/C20H31N3O3S/c1-6-27(25,26)23-16-8-7-15(11-13(16)2)21-18(24)22-17-12-14-9-10-20(17,5)19(14,3)4/h7-8,11,14,17,23H,6,9-10,12H2,1-5H3,(H2,21,22,24). The van der Waals surface area contributed by atoms with E-state index in [4.69, 9.17) is 0 Å². The summed E-state index contributed by atoms with van der Waals surface area (Å²) in [7, 11) is -3.32. The zero-order valence-corrected chi connectivity index (χ0v) is 17.7. The lowest BCUT2D eigenvalue weighted by Crippen LogP contribution is -2.48. The van der Waals surface area contributed by atoms with Crippen LogP contribution in [0.2, 0.25) is 0 Å². The number of carbonyl (C=O) groups excluding carboxylic acids is 1. The molecule has 7 heteroatoms. The Hall–Kier alpha value is -1.76. The fraction of sp³-hybridized carbons (Fsp3) is 0.650. The number of fused-ring (bicyclic) bond motifs is 2. The number of anilines is 2. The van der Waals surface area contributed by atoms with Gasteiger partial charge in [-0.1, -0.05) is 20.8 Å². The minimum Gasteiger partial charge on any atom is -0.335 e. The molecule has 0 aromatic heterocycles. The number of sulfonamides is 1. The van der Waals surface area contributed by atoms with Crippen molar-refractivity contribution in [3.63, 3.8) is 0 Å². The van der Waals surface area contributed by atoms with Crippen molar-refractivity contribution in [2.24, 2.45) is 16.7 Å². The minimum absolute atomic E-state index is 0.0202. The van der Waals surface area contributed by atoms with Gasteiger partial charge >= 0.3 is 6.03 Å². The van der Waals surface area contributed by atoms with Crippen LogP contribution in [0.3, 0.4) is 0 Å². The smallest absolute Gasteiger partial charge is 0.319 e. The van der Waals surface area contributed by atoms with E-state index in [0.717, 1.165) is 18.4 Å². The highest BCUT2D eigenvalue weighted by atomic mass is 32.2. The lowest BCUT2D eigenvalue weighted by molar-refractivity contribution is 0.125. The van der Waals surface area contributed by atoms with Gasteiger partial charge in [-0.15, -0.1) is 0 Å². The first-order valence-corrected chi connectivity index (χ1v) is 11.3. The van der Waals surface area contributed by atoms with Crippen LogP contribution in [0.4, 0.5) is 16.2 Å². The second kappa shape index (κ2) is 6.69. The Bertz CT molecular complexity index is 850. The number of rotatable bonds is 5. The van der Waals surface area contributed by atoms with Crippen molar-refractivity contribution in [3.05, 3.63) is 23.8 Å². The number of nitrogens with one attached hydrogen (secondary N) is 3. The van der Waals surface area contributed by atoms with Crippen LogP contribution in [0.5, 0.6) is 0 Å². The van der Waals surface area contributed by atoms with E-state index in [9.17, 15) is 13.2 Å². The van der Waals surface area contributed by atoms with Gasteiger partial charge in [0.15, 0.2) is 0 Å². The molecular weight excluding hydrogens is 362 g/mol. The van der Waals surface area contributed by atoms with Gasteiger partial charge in [0.1, 0.15) is 0 Å². The first-order chi connectivity index (χ1) is 12.5. The van der Waals surface area contributed by atoms with Crippen LogP contribution >= 0.6 is 0 Å². The molecule has 1 aromatic carbocycles. The molecule has 2 amide bonds. The molecule has 1 aromatic rings. The zero-order valence-electron chi connectivity index (χ0n) is 16.8. The third-order valence-corrected chi connectivity index (χ3v) is 8.52. The number of benzene rings is 1. The van der Waals surface area contributed by atoms with Crippen molar-refractivity contribution < 1.29 is 13.2 Å². The maximum absolute atomic E-state index is 12.5. The molecule has 2 bridgehead atoms. The Balaban J connectivity index is 1.65. The molecule has 0 aliphatic heterocycles.